The lowest BCUT2D eigenvalue weighted by Gasteiger charge is -2.40. The Morgan fingerprint density at radius 1 is 1.50 bits per heavy atom. The van der Waals surface area contributed by atoms with E-state index in [0.29, 0.717) is 12.6 Å². The molecule has 0 aromatic carbocycles. The molecule has 4 nitrogen and oxygen atoms in total. The fourth-order valence-electron chi connectivity index (χ4n) is 2.35. The SMILES string of the molecule is CCCCNC(=O)N1C(C)CCCC1CN. The molecule has 4 heteroatoms. The second-order valence-corrected chi connectivity index (χ2v) is 4.66. The highest BCUT2D eigenvalue weighted by molar-refractivity contribution is 5.75. The van der Waals surface area contributed by atoms with Gasteiger partial charge in [-0.15, -0.1) is 0 Å². The summed E-state index contributed by atoms with van der Waals surface area (Å²) in [5.74, 6) is 0. The Labute approximate surface area is 98.6 Å². The molecular formula is C12H25N3O. The van der Waals surface area contributed by atoms with Gasteiger partial charge in [-0.25, -0.2) is 4.79 Å². The number of nitrogens with one attached hydrogen (secondary N) is 1. The minimum absolute atomic E-state index is 0.0658. The summed E-state index contributed by atoms with van der Waals surface area (Å²) >= 11 is 0. The second kappa shape index (κ2) is 6.74. The van der Waals surface area contributed by atoms with Gasteiger partial charge in [0, 0.05) is 25.2 Å². The zero-order valence-electron chi connectivity index (χ0n) is 10.5. The minimum atomic E-state index is 0.0658. The Balaban J connectivity index is 2.48. The molecule has 2 unspecified atom stereocenters. The van der Waals surface area contributed by atoms with E-state index in [1.807, 2.05) is 4.90 Å². The first-order valence-corrected chi connectivity index (χ1v) is 6.47. The number of urea groups is 1. The third kappa shape index (κ3) is 3.37. The van der Waals surface area contributed by atoms with E-state index in [9.17, 15) is 4.79 Å². The van der Waals surface area contributed by atoms with Crippen molar-refractivity contribution in [2.75, 3.05) is 13.1 Å². The van der Waals surface area contributed by atoms with Gasteiger partial charge in [-0.2, -0.15) is 0 Å². The van der Waals surface area contributed by atoms with Crippen LogP contribution in [-0.2, 0) is 0 Å². The van der Waals surface area contributed by atoms with Gasteiger partial charge in [-0.3, -0.25) is 0 Å². The van der Waals surface area contributed by atoms with Crippen LogP contribution in [-0.4, -0.2) is 36.1 Å². The Morgan fingerprint density at radius 3 is 2.88 bits per heavy atom. The van der Waals surface area contributed by atoms with Gasteiger partial charge in [0.15, 0.2) is 0 Å². The molecule has 0 aliphatic carbocycles. The molecule has 94 valence electrons. The molecule has 1 aliphatic heterocycles. The van der Waals surface area contributed by atoms with Crippen LogP contribution in [0.3, 0.4) is 0 Å². The number of carbonyl (C=O) groups excluding carboxylic acids is 1. The molecule has 3 N–H and O–H groups in total. The molecular weight excluding hydrogens is 202 g/mol. The van der Waals surface area contributed by atoms with Crippen LogP contribution in [0, 0.1) is 0 Å². The Kier molecular flexibility index (Phi) is 5.60. The quantitative estimate of drug-likeness (QED) is 0.718. The maximum absolute atomic E-state index is 12.0. The van der Waals surface area contributed by atoms with Crippen LogP contribution in [0.5, 0.6) is 0 Å². The molecule has 2 atom stereocenters. The Hall–Kier alpha value is -0.770. The number of nitrogens with zero attached hydrogens (tertiary/aromatic N) is 1. The molecule has 0 spiro atoms. The fourth-order valence-corrected chi connectivity index (χ4v) is 2.35. The largest absolute Gasteiger partial charge is 0.338 e. The van der Waals surface area contributed by atoms with E-state index in [1.165, 1.54) is 6.42 Å². The van der Waals surface area contributed by atoms with Gasteiger partial charge in [0.2, 0.25) is 0 Å². The van der Waals surface area contributed by atoms with Crippen LogP contribution in [0.2, 0.25) is 0 Å². The molecule has 2 amide bonds. The van der Waals surface area contributed by atoms with Gasteiger partial charge in [0.1, 0.15) is 0 Å². The fraction of sp³-hybridized carbons (Fsp3) is 0.917. The number of nitrogens with two attached hydrogens (primary N) is 1. The predicted molar refractivity (Wildman–Crippen MR) is 66.3 cm³/mol. The second-order valence-electron chi connectivity index (χ2n) is 4.66. The molecule has 0 aromatic heterocycles. The van der Waals surface area contributed by atoms with Crippen LogP contribution in [0.25, 0.3) is 0 Å². The maximum Gasteiger partial charge on any atom is 0.317 e. The molecule has 0 radical (unpaired) electrons. The zero-order chi connectivity index (χ0) is 12.0. The number of hydrogen-bond donors (Lipinski definition) is 2. The van der Waals surface area contributed by atoms with Crippen LogP contribution >= 0.6 is 0 Å². The number of hydrogen-bond acceptors (Lipinski definition) is 2. The van der Waals surface area contributed by atoms with E-state index in [4.69, 9.17) is 5.73 Å². The number of likely N-dealkylation sites (tertiary alicyclic amines) is 1. The lowest BCUT2D eigenvalue weighted by molar-refractivity contribution is 0.118. The number of amides is 2. The van der Waals surface area contributed by atoms with Crippen molar-refractivity contribution in [3.8, 4) is 0 Å². The summed E-state index contributed by atoms with van der Waals surface area (Å²) < 4.78 is 0. The van der Waals surface area contributed by atoms with E-state index >= 15 is 0 Å². The van der Waals surface area contributed by atoms with Gasteiger partial charge in [-0.1, -0.05) is 13.3 Å². The van der Waals surface area contributed by atoms with E-state index in [1.54, 1.807) is 0 Å². The van der Waals surface area contributed by atoms with E-state index in [2.05, 4.69) is 19.2 Å². The smallest absolute Gasteiger partial charge is 0.317 e. The highest BCUT2D eigenvalue weighted by Crippen LogP contribution is 2.22. The predicted octanol–water partition coefficient (Wildman–Crippen LogP) is 1.70. The van der Waals surface area contributed by atoms with Crippen LogP contribution in [0.4, 0.5) is 4.79 Å². The molecule has 1 aliphatic rings. The van der Waals surface area contributed by atoms with Gasteiger partial charge in [0.05, 0.1) is 0 Å². The standard InChI is InChI=1S/C12H25N3O/c1-3-4-8-14-12(16)15-10(2)6-5-7-11(15)9-13/h10-11H,3-9,13H2,1-2H3,(H,14,16). The number of carbonyl (C=O) groups is 1. The summed E-state index contributed by atoms with van der Waals surface area (Å²) in [5, 5.41) is 2.98. The average molecular weight is 227 g/mol. The molecule has 0 aromatic rings. The summed E-state index contributed by atoms with van der Waals surface area (Å²) in [6, 6.07) is 0.616. The van der Waals surface area contributed by atoms with Crippen molar-refractivity contribution in [1.29, 1.82) is 0 Å². The maximum atomic E-state index is 12.0. The van der Waals surface area contributed by atoms with Crippen molar-refractivity contribution in [2.24, 2.45) is 5.73 Å². The van der Waals surface area contributed by atoms with Gasteiger partial charge in [-0.05, 0) is 32.6 Å². The third-order valence-electron chi connectivity index (χ3n) is 3.34. The molecule has 0 saturated carbocycles. The first-order chi connectivity index (χ1) is 7.70. The molecule has 0 bridgehead atoms. The monoisotopic (exact) mass is 227 g/mol. The van der Waals surface area contributed by atoms with Crippen molar-refractivity contribution in [2.45, 2.75) is 58.0 Å². The van der Waals surface area contributed by atoms with Crippen molar-refractivity contribution in [3.63, 3.8) is 0 Å². The Morgan fingerprint density at radius 2 is 2.25 bits per heavy atom. The summed E-state index contributed by atoms with van der Waals surface area (Å²) in [6.07, 6.45) is 5.47. The summed E-state index contributed by atoms with van der Waals surface area (Å²) in [7, 11) is 0. The van der Waals surface area contributed by atoms with Crippen LogP contribution in [0.15, 0.2) is 0 Å². The average Bonchev–Trinajstić information content (AvgIpc) is 2.28. The van der Waals surface area contributed by atoms with Crippen molar-refractivity contribution in [3.05, 3.63) is 0 Å². The number of unbranched alkanes of at least 4 members (excludes halogenated alkanes) is 1. The topological polar surface area (TPSA) is 58.4 Å². The molecule has 1 saturated heterocycles. The molecule has 1 fully saturated rings. The summed E-state index contributed by atoms with van der Waals surface area (Å²) in [6.45, 7) is 5.58. The highest BCUT2D eigenvalue weighted by Gasteiger charge is 2.30. The van der Waals surface area contributed by atoms with E-state index in [0.717, 1.165) is 32.2 Å². The highest BCUT2D eigenvalue weighted by atomic mass is 16.2. The van der Waals surface area contributed by atoms with Gasteiger partial charge >= 0.3 is 6.03 Å². The van der Waals surface area contributed by atoms with Crippen LogP contribution < -0.4 is 11.1 Å². The summed E-state index contributed by atoms with van der Waals surface area (Å²) in [4.78, 5) is 14.0. The molecule has 1 rings (SSSR count). The van der Waals surface area contributed by atoms with Crippen molar-refractivity contribution < 1.29 is 4.79 Å². The molecule has 1 heterocycles. The van der Waals surface area contributed by atoms with Crippen LogP contribution in [0.1, 0.15) is 46.0 Å². The minimum Gasteiger partial charge on any atom is -0.338 e. The molecule has 16 heavy (non-hydrogen) atoms. The summed E-state index contributed by atoms with van der Waals surface area (Å²) in [5.41, 5.74) is 5.73. The first-order valence-electron chi connectivity index (χ1n) is 6.47. The van der Waals surface area contributed by atoms with E-state index in [-0.39, 0.29) is 12.1 Å². The van der Waals surface area contributed by atoms with Gasteiger partial charge in [0.25, 0.3) is 0 Å². The number of piperidine rings is 1. The lowest BCUT2D eigenvalue weighted by Crippen LogP contribution is -2.55. The van der Waals surface area contributed by atoms with E-state index < -0.39 is 0 Å². The normalized spacial score (nSPS) is 25.6. The number of rotatable bonds is 4. The Bertz CT molecular complexity index is 220. The van der Waals surface area contributed by atoms with Gasteiger partial charge < -0.3 is 16.0 Å². The van der Waals surface area contributed by atoms with Crippen molar-refractivity contribution in [1.82, 2.24) is 10.2 Å². The lowest BCUT2D eigenvalue weighted by atomic mass is 9.97. The van der Waals surface area contributed by atoms with Crippen molar-refractivity contribution >= 4 is 6.03 Å². The third-order valence-corrected chi connectivity index (χ3v) is 3.34. The first kappa shape index (κ1) is 13.3. The zero-order valence-corrected chi connectivity index (χ0v) is 10.5.